The van der Waals surface area contributed by atoms with Gasteiger partial charge in [0.15, 0.2) is 12.4 Å². The van der Waals surface area contributed by atoms with Crippen LogP contribution < -0.4 is 10.1 Å². The predicted octanol–water partition coefficient (Wildman–Crippen LogP) is 4.78. The Morgan fingerprint density at radius 3 is 2.85 bits per heavy atom. The van der Waals surface area contributed by atoms with Gasteiger partial charge in [-0.05, 0) is 48.6 Å². The molecular formula is C21H14FNO3S. The second-order valence-corrected chi connectivity index (χ2v) is 7.04. The van der Waals surface area contributed by atoms with Crippen LogP contribution in [0.3, 0.4) is 0 Å². The van der Waals surface area contributed by atoms with E-state index in [-0.39, 0.29) is 24.1 Å². The number of fused-ring (bicyclic) bond motifs is 1. The van der Waals surface area contributed by atoms with Crippen molar-refractivity contribution < 1.29 is 18.7 Å². The molecule has 1 aliphatic rings. The number of hydrogen-bond acceptors (Lipinski definition) is 4. The lowest BCUT2D eigenvalue weighted by molar-refractivity contribution is -0.118. The van der Waals surface area contributed by atoms with Crippen LogP contribution in [-0.2, 0) is 4.79 Å². The summed E-state index contributed by atoms with van der Waals surface area (Å²) < 4.78 is 19.2. The molecule has 4 nitrogen and oxygen atoms in total. The van der Waals surface area contributed by atoms with Crippen LogP contribution in [0.2, 0.25) is 0 Å². The maximum absolute atomic E-state index is 13.9. The Bertz CT molecular complexity index is 1070. The molecule has 134 valence electrons. The Labute approximate surface area is 158 Å². The van der Waals surface area contributed by atoms with Gasteiger partial charge < -0.3 is 10.1 Å². The van der Waals surface area contributed by atoms with E-state index in [1.165, 1.54) is 23.5 Å². The number of hydrogen-bond donors (Lipinski definition) is 1. The number of benzene rings is 2. The summed E-state index contributed by atoms with van der Waals surface area (Å²) in [5.74, 6) is -0.174. The fraction of sp³-hybridized carbons (Fsp3) is 0.0476. The predicted molar refractivity (Wildman–Crippen MR) is 104 cm³/mol. The van der Waals surface area contributed by atoms with Gasteiger partial charge in [0.1, 0.15) is 11.6 Å². The average Bonchev–Trinajstić information content (AvgIpc) is 3.14. The molecule has 1 aliphatic heterocycles. The summed E-state index contributed by atoms with van der Waals surface area (Å²) in [6.45, 7) is -0.0249. The van der Waals surface area contributed by atoms with E-state index in [1.54, 1.807) is 42.5 Å². The third kappa shape index (κ3) is 3.66. The van der Waals surface area contributed by atoms with Gasteiger partial charge in [-0.3, -0.25) is 9.59 Å². The highest BCUT2D eigenvalue weighted by molar-refractivity contribution is 7.16. The molecule has 0 fully saturated rings. The Morgan fingerprint density at radius 2 is 2.00 bits per heavy atom. The number of rotatable bonds is 4. The van der Waals surface area contributed by atoms with Crippen LogP contribution in [0.5, 0.6) is 5.75 Å². The number of thiophene rings is 1. The number of amides is 1. The summed E-state index contributed by atoms with van der Waals surface area (Å²) in [6, 6.07) is 15.2. The van der Waals surface area contributed by atoms with Crippen molar-refractivity contribution in [2.75, 3.05) is 11.9 Å². The lowest BCUT2D eigenvalue weighted by atomic mass is 10.1. The van der Waals surface area contributed by atoms with Crippen molar-refractivity contribution in [2.45, 2.75) is 0 Å². The first-order chi connectivity index (χ1) is 13.1. The van der Waals surface area contributed by atoms with Crippen molar-refractivity contribution in [2.24, 2.45) is 0 Å². The fourth-order valence-corrected chi connectivity index (χ4v) is 3.68. The Hall–Kier alpha value is -3.25. The molecule has 0 saturated carbocycles. The van der Waals surface area contributed by atoms with E-state index in [2.05, 4.69) is 5.32 Å². The molecule has 0 aliphatic carbocycles. The molecule has 1 N–H and O–H groups in total. The van der Waals surface area contributed by atoms with Crippen LogP contribution in [0.4, 0.5) is 10.1 Å². The van der Waals surface area contributed by atoms with Crippen molar-refractivity contribution in [3.63, 3.8) is 0 Å². The zero-order valence-electron chi connectivity index (χ0n) is 14.1. The number of halogens is 1. The van der Waals surface area contributed by atoms with Gasteiger partial charge in [0, 0.05) is 20.9 Å². The summed E-state index contributed by atoms with van der Waals surface area (Å²) >= 11 is 1.40. The number of carbonyl (C=O) groups is 2. The smallest absolute Gasteiger partial charge is 0.262 e. The van der Waals surface area contributed by atoms with E-state index in [0.717, 1.165) is 9.75 Å². The molecular weight excluding hydrogens is 365 g/mol. The van der Waals surface area contributed by atoms with Crippen LogP contribution in [0.1, 0.15) is 15.2 Å². The van der Waals surface area contributed by atoms with Crippen molar-refractivity contribution in [3.8, 4) is 16.2 Å². The molecule has 1 amide bonds. The first-order valence-corrected chi connectivity index (χ1v) is 9.06. The topological polar surface area (TPSA) is 55.4 Å². The minimum atomic E-state index is -0.274. The molecule has 0 unspecified atom stereocenters. The van der Waals surface area contributed by atoms with Gasteiger partial charge in [0.05, 0.1) is 5.69 Å². The molecule has 0 atom stereocenters. The monoisotopic (exact) mass is 379 g/mol. The van der Waals surface area contributed by atoms with Crippen LogP contribution in [-0.4, -0.2) is 18.3 Å². The Kier molecular flexibility index (Phi) is 4.56. The molecule has 27 heavy (non-hydrogen) atoms. The largest absolute Gasteiger partial charge is 0.482 e. The van der Waals surface area contributed by atoms with Crippen LogP contribution in [0.25, 0.3) is 16.5 Å². The minimum Gasteiger partial charge on any atom is -0.482 e. The van der Waals surface area contributed by atoms with E-state index in [9.17, 15) is 14.0 Å². The molecule has 2 aromatic carbocycles. The first-order valence-electron chi connectivity index (χ1n) is 8.24. The maximum atomic E-state index is 13.9. The zero-order chi connectivity index (χ0) is 18.8. The molecule has 1 aromatic heterocycles. The first kappa shape index (κ1) is 17.2. The summed E-state index contributed by atoms with van der Waals surface area (Å²) in [6.07, 6.45) is 3.16. The number of allylic oxidation sites excluding steroid dienone is 1. The van der Waals surface area contributed by atoms with Crippen molar-refractivity contribution >= 4 is 34.8 Å². The van der Waals surface area contributed by atoms with Gasteiger partial charge in [0.25, 0.3) is 5.91 Å². The van der Waals surface area contributed by atoms with Crippen molar-refractivity contribution in [3.05, 3.63) is 76.9 Å². The van der Waals surface area contributed by atoms with Gasteiger partial charge in [-0.25, -0.2) is 4.39 Å². The number of carbonyl (C=O) groups excluding carboxylic acids is 2. The molecule has 0 saturated heterocycles. The van der Waals surface area contributed by atoms with Gasteiger partial charge in [-0.2, -0.15) is 0 Å². The molecule has 4 rings (SSSR count). The van der Waals surface area contributed by atoms with E-state index >= 15 is 0 Å². The number of ketones is 1. The summed E-state index contributed by atoms with van der Waals surface area (Å²) in [5, 5.41) is 2.68. The molecule has 6 heteroatoms. The normalized spacial score (nSPS) is 13.1. The van der Waals surface area contributed by atoms with E-state index < -0.39 is 0 Å². The van der Waals surface area contributed by atoms with Crippen molar-refractivity contribution in [1.29, 1.82) is 0 Å². The maximum Gasteiger partial charge on any atom is 0.262 e. The number of nitrogens with one attached hydrogen (secondary N) is 1. The lowest BCUT2D eigenvalue weighted by Gasteiger charge is -2.17. The molecule has 3 aromatic rings. The van der Waals surface area contributed by atoms with Crippen LogP contribution in [0, 0.1) is 5.82 Å². The summed E-state index contributed by atoms with van der Waals surface area (Å²) in [5.41, 5.74) is 1.48. The van der Waals surface area contributed by atoms with Crippen molar-refractivity contribution in [1.82, 2.24) is 0 Å². The number of anilines is 1. The van der Waals surface area contributed by atoms with Crippen LogP contribution >= 0.6 is 11.3 Å². The fourth-order valence-electron chi connectivity index (χ4n) is 2.74. The average molecular weight is 379 g/mol. The minimum absolute atomic E-state index is 0.0249. The van der Waals surface area contributed by atoms with Gasteiger partial charge >= 0.3 is 0 Å². The van der Waals surface area contributed by atoms with Gasteiger partial charge in [-0.1, -0.05) is 18.2 Å². The quantitative estimate of drug-likeness (QED) is 0.524. The van der Waals surface area contributed by atoms with E-state index in [1.807, 2.05) is 12.1 Å². The molecule has 2 heterocycles. The van der Waals surface area contributed by atoms with Crippen LogP contribution in [0.15, 0.2) is 60.7 Å². The standard InChI is InChI=1S/C21H14FNO3S/c22-16-4-2-1-3-15(16)20-10-7-14(27-20)6-8-18(24)13-5-9-19-17(11-13)23-21(25)12-26-19/h1-11H,12H2,(H,23,25)/b8-6+. The van der Waals surface area contributed by atoms with Gasteiger partial charge in [0.2, 0.25) is 0 Å². The third-order valence-electron chi connectivity index (χ3n) is 4.06. The van der Waals surface area contributed by atoms with E-state index in [0.29, 0.717) is 22.6 Å². The molecule has 0 bridgehead atoms. The summed E-state index contributed by atoms with van der Waals surface area (Å²) in [7, 11) is 0. The second-order valence-electron chi connectivity index (χ2n) is 5.93. The third-order valence-corrected chi connectivity index (χ3v) is 5.15. The zero-order valence-corrected chi connectivity index (χ0v) is 14.9. The second kappa shape index (κ2) is 7.17. The Balaban J connectivity index is 1.52. The molecule has 0 spiro atoms. The molecule has 0 radical (unpaired) electrons. The van der Waals surface area contributed by atoms with Gasteiger partial charge in [-0.15, -0.1) is 11.3 Å². The SMILES string of the molecule is O=C1COc2ccc(C(=O)/C=C/c3ccc(-c4ccccc4F)s3)cc2N1. The lowest BCUT2D eigenvalue weighted by Crippen LogP contribution is -2.25. The Morgan fingerprint density at radius 1 is 1.15 bits per heavy atom. The van der Waals surface area contributed by atoms with E-state index in [4.69, 9.17) is 4.74 Å². The number of ether oxygens (including phenoxy) is 1. The highest BCUT2D eigenvalue weighted by Gasteiger charge is 2.17. The highest BCUT2D eigenvalue weighted by Crippen LogP contribution is 2.31. The highest BCUT2D eigenvalue weighted by atomic mass is 32.1. The summed E-state index contributed by atoms with van der Waals surface area (Å²) in [4.78, 5) is 25.5.